The summed E-state index contributed by atoms with van der Waals surface area (Å²) in [7, 11) is -1.12. The largest absolute Gasteiger partial charge is 0.439 e. The Balaban J connectivity index is 1.18. The summed E-state index contributed by atoms with van der Waals surface area (Å²) in [5.41, 5.74) is 4.11. The van der Waals surface area contributed by atoms with Gasteiger partial charge in [-0.1, -0.05) is 19.6 Å². The van der Waals surface area contributed by atoms with Crippen LogP contribution in [0.5, 0.6) is 11.6 Å². The van der Waals surface area contributed by atoms with Crippen molar-refractivity contribution in [3.8, 4) is 22.9 Å². The second kappa shape index (κ2) is 11.7. The number of carbonyl (C=O) groups is 1. The molecular formula is C29H38N6O3Si. The van der Waals surface area contributed by atoms with Crippen molar-refractivity contribution in [3.63, 3.8) is 0 Å². The maximum atomic E-state index is 11.6. The van der Waals surface area contributed by atoms with Crippen LogP contribution in [0.15, 0.2) is 54.9 Å². The van der Waals surface area contributed by atoms with E-state index in [2.05, 4.69) is 51.7 Å². The van der Waals surface area contributed by atoms with Gasteiger partial charge in [0.2, 0.25) is 11.8 Å². The highest BCUT2D eigenvalue weighted by molar-refractivity contribution is 6.76. The molecule has 1 aromatic carbocycles. The number of carbonyl (C=O) groups excluding carboxylic acids is 1. The number of H-pyrrole nitrogens is 1. The van der Waals surface area contributed by atoms with Crippen molar-refractivity contribution in [3.05, 3.63) is 60.6 Å². The number of aromatic amines is 1. The monoisotopic (exact) mass is 546 g/mol. The highest BCUT2D eigenvalue weighted by Crippen LogP contribution is 2.27. The zero-order valence-corrected chi connectivity index (χ0v) is 24.3. The van der Waals surface area contributed by atoms with Gasteiger partial charge in [-0.2, -0.15) is 5.10 Å². The third-order valence-electron chi connectivity index (χ3n) is 7.04. The van der Waals surface area contributed by atoms with Crippen molar-refractivity contribution < 1.29 is 14.3 Å². The second-order valence-electron chi connectivity index (χ2n) is 11.4. The Kier molecular flexibility index (Phi) is 8.15. The minimum absolute atomic E-state index is 0.154. The first kappa shape index (κ1) is 27.1. The molecule has 0 atom stereocenters. The Labute approximate surface area is 230 Å². The van der Waals surface area contributed by atoms with Crippen molar-refractivity contribution in [1.29, 1.82) is 0 Å². The number of nitrogens with one attached hydrogen (secondary N) is 1. The summed E-state index contributed by atoms with van der Waals surface area (Å²) in [6.07, 6.45) is 3.59. The van der Waals surface area contributed by atoms with Crippen LogP contribution in [0.4, 0.5) is 0 Å². The first-order chi connectivity index (χ1) is 18.7. The molecule has 0 spiro atoms. The number of hydrogen-bond acceptors (Lipinski definition) is 6. The van der Waals surface area contributed by atoms with E-state index < -0.39 is 8.07 Å². The lowest BCUT2D eigenvalue weighted by atomic mass is 10.2. The number of amides is 1. The van der Waals surface area contributed by atoms with Gasteiger partial charge in [0.1, 0.15) is 12.5 Å². The molecule has 1 N–H and O–H groups in total. The first-order valence-corrected chi connectivity index (χ1v) is 17.3. The van der Waals surface area contributed by atoms with Crippen LogP contribution in [0.25, 0.3) is 22.2 Å². The normalized spacial score (nSPS) is 14.7. The van der Waals surface area contributed by atoms with Crippen LogP contribution in [0.3, 0.4) is 0 Å². The van der Waals surface area contributed by atoms with Crippen molar-refractivity contribution >= 4 is 24.9 Å². The topological polar surface area (TPSA) is 88.5 Å². The second-order valence-corrected chi connectivity index (χ2v) is 17.0. The first-order valence-electron chi connectivity index (χ1n) is 13.6. The van der Waals surface area contributed by atoms with E-state index in [-0.39, 0.29) is 5.91 Å². The number of aromatic nitrogens is 4. The maximum absolute atomic E-state index is 11.6. The summed E-state index contributed by atoms with van der Waals surface area (Å²) in [4.78, 5) is 23.9. The Bertz CT molecular complexity index is 1400. The summed E-state index contributed by atoms with van der Waals surface area (Å²) in [5, 5.41) is 5.56. The van der Waals surface area contributed by atoms with Gasteiger partial charge in [0, 0.05) is 95.6 Å². The lowest BCUT2D eigenvalue weighted by Gasteiger charge is -2.33. The van der Waals surface area contributed by atoms with Gasteiger partial charge in [-0.15, -0.1) is 0 Å². The molecule has 3 aromatic heterocycles. The summed E-state index contributed by atoms with van der Waals surface area (Å²) in [5.74, 6) is 1.42. The molecule has 4 aromatic rings. The number of hydrogen-bond donors (Lipinski definition) is 1. The van der Waals surface area contributed by atoms with E-state index >= 15 is 0 Å². The van der Waals surface area contributed by atoms with Crippen LogP contribution in [0.1, 0.15) is 12.6 Å². The molecule has 10 heteroatoms. The van der Waals surface area contributed by atoms with Crippen LogP contribution < -0.4 is 4.74 Å². The van der Waals surface area contributed by atoms with Gasteiger partial charge >= 0.3 is 0 Å². The van der Waals surface area contributed by atoms with Crippen LogP contribution >= 0.6 is 0 Å². The number of pyridine rings is 1. The predicted molar refractivity (Wildman–Crippen MR) is 155 cm³/mol. The number of fused-ring (bicyclic) bond motifs is 1. The molecule has 0 radical (unpaired) electrons. The zero-order valence-electron chi connectivity index (χ0n) is 23.3. The smallest absolute Gasteiger partial charge is 0.219 e. The lowest BCUT2D eigenvalue weighted by molar-refractivity contribution is -0.130. The molecule has 4 heterocycles. The van der Waals surface area contributed by atoms with Crippen molar-refractivity contribution in [2.45, 2.75) is 45.9 Å². The molecule has 1 aliphatic rings. The molecule has 0 saturated carbocycles. The van der Waals surface area contributed by atoms with Gasteiger partial charge < -0.3 is 19.4 Å². The highest BCUT2D eigenvalue weighted by Gasteiger charge is 2.19. The fourth-order valence-corrected chi connectivity index (χ4v) is 5.46. The fourth-order valence-electron chi connectivity index (χ4n) is 4.70. The molecular weight excluding hydrogens is 508 g/mol. The summed E-state index contributed by atoms with van der Waals surface area (Å²) < 4.78 is 13.8. The van der Waals surface area contributed by atoms with E-state index in [9.17, 15) is 4.79 Å². The number of ether oxygens (including phenoxy) is 2. The van der Waals surface area contributed by atoms with E-state index in [1.165, 1.54) is 0 Å². The van der Waals surface area contributed by atoms with Gasteiger partial charge in [-0.05, 0) is 41.8 Å². The number of rotatable bonds is 10. The molecule has 39 heavy (non-hydrogen) atoms. The van der Waals surface area contributed by atoms with Gasteiger partial charge in [0.25, 0.3) is 0 Å². The molecule has 1 aliphatic heterocycles. The number of nitrogens with zero attached hydrogens (tertiary/aromatic N) is 5. The van der Waals surface area contributed by atoms with Crippen LogP contribution in [0.2, 0.25) is 25.7 Å². The van der Waals surface area contributed by atoms with E-state index in [0.29, 0.717) is 12.6 Å². The summed E-state index contributed by atoms with van der Waals surface area (Å²) >= 11 is 0. The van der Waals surface area contributed by atoms with Crippen LogP contribution in [0, 0.1) is 0 Å². The van der Waals surface area contributed by atoms with Crippen molar-refractivity contribution in [2.24, 2.45) is 0 Å². The Morgan fingerprint density at radius 1 is 1.05 bits per heavy atom. The molecule has 5 rings (SSSR count). The molecule has 206 valence electrons. The average Bonchev–Trinajstić information content (AvgIpc) is 3.53. The lowest BCUT2D eigenvalue weighted by Crippen LogP contribution is -2.47. The molecule has 0 unspecified atom stereocenters. The van der Waals surface area contributed by atoms with Gasteiger partial charge in [-0.25, -0.2) is 9.67 Å². The number of benzene rings is 1. The maximum Gasteiger partial charge on any atom is 0.219 e. The van der Waals surface area contributed by atoms with E-state index in [4.69, 9.17) is 9.47 Å². The third kappa shape index (κ3) is 7.14. The molecule has 0 aliphatic carbocycles. The molecule has 1 fully saturated rings. The summed E-state index contributed by atoms with van der Waals surface area (Å²) in [6.45, 7) is 14.0. The van der Waals surface area contributed by atoms with Gasteiger partial charge in [0.15, 0.2) is 0 Å². The molecule has 9 nitrogen and oxygen atoms in total. The molecule has 1 amide bonds. The van der Waals surface area contributed by atoms with Crippen molar-refractivity contribution in [2.75, 3.05) is 32.8 Å². The standard InChI is InChI=1S/C29H38N6O3Si/c1-22(36)34-13-11-33(12-14-34)20-25-17-23-5-7-26(18-27(23)32-25)38-29-8-6-24(19-30-29)28-9-10-31-35(28)21-37-15-16-39(2,3)4/h5-10,17-19,32H,11-16,20-21H2,1-4H3. The zero-order chi connectivity index (χ0) is 27.4. The minimum Gasteiger partial charge on any atom is -0.439 e. The number of piperazine rings is 1. The van der Waals surface area contributed by atoms with Crippen LogP contribution in [-0.4, -0.2) is 76.3 Å². The van der Waals surface area contributed by atoms with Crippen LogP contribution in [-0.2, 0) is 22.8 Å². The molecule has 0 bridgehead atoms. The van der Waals surface area contributed by atoms with Gasteiger partial charge in [-0.3, -0.25) is 9.69 Å². The van der Waals surface area contributed by atoms with E-state index in [0.717, 1.165) is 79.0 Å². The molecule has 1 saturated heterocycles. The Hall–Kier alpha value is -3.47. The Morgan fingerprint density at radius 3 is 2.59 bits per heavy atom. The Morgan fingerprint density at radius 2 is 1.87 bits per heavy atom. The fraction of sp³-hybridized carbons (Fsp3) is 0.414. The predicted octanol–water partition coefficient (Wildman–Crippen LogP) is 5.20. The average molecular weight is 547 g/mol. The quantitative estimate of drug-likeness (QED) is 0.217. The summed E-state index contributed by atoms with van der Waals surface area (Å²) in [6, 6.07) is 15.2. The van der Waals surface area contributed by atoms with E-state index in [1.807, 2.05) is 46.1 Å². The third-order valence-corrected chi connectivity index (χ3v) is 8.75. The van der Waals surface area contributed by atoms with E-state index in [1.54, 1.807) is 13.1 Å². The van der Waals surface area contributed by atoms with Crippen molar-refractivity contribution in [1.82, 2.24) is 29.5 Å². The highest BCUT2D eigenvalue weighted by atomic mass is 28.3. The SMILES string of the molecule is CC(=O)N1CCN(Cc2cc3ccc(Oc4ccc(-c5ccnn5COCC[Si](C)(C)C)cn4)cc3[nH]2)CC1. The van der Waals surface area contributed by atoms with Gasteiger partial charge in [0.05, 0.1) is 5.69 Å². The minimum atomic E-state index is -1.12.